The van der Waals surface area contributed by atoms with Crippen molar-refractivity contribution in [3.63, 3.8) is 0 Å². The Balaban J connectivity index is 2.32. The molecule has 1 aromatic rings. The number of carbonyl (C=O) groups is 1. The first kappa shape index (κ1) is 11.7. The molecule has 0 saturated carbocycles. The number of ketones is 1. The molecule has 16 heavy (non-hydrogen) atoms. The van der Waals surface area contributed by atoms with Crippen molar-refractivity contribution in [2.75, 3.05) is 11.4 Å². The minimum Gasteiger partial charge on any atom is -0.361 e. The van der Waals surface area contributed by atoms with Crippen LogP contribution in [-0.4, -0.2) is 18.4 Å². The second kappa shape index (κ2) is 4.64. The fourth-order valence-corrected chi connectivity index (χ4v) is 2.72. The molecule has 4 heteroatoms. The lowest BCUT2D eigenvalue weighted by Crippen LogP contribution is -2.34. The molecule has 0 aromatic heterocycles. The van der Waals surface area contributed by atoms with Gasteiger partial charge in [-0.2, -0.15) is 0 Å². The SMILES string of the molecule is CC(=O)C1CCCN1c1cc(Cl)cc(Cl)c1. The summed E-state index contributed by atoms with van der Waals surface area (Å²) in [7, 11) is 0. The summed E-state index contributed by atoms with van der Waals surface area (Å²) in [4.78, 5) is 13.6. The van der Waals surface area contributed by atoms with Crippen molar-refractivity contribution < 1.29 is 4.79 Å². The van der Waals surface area contributed by atoms with E-state index in [2.05, 4.69) is 4.90 Å². The lowest BCUT2D eigenvalue weighted by molar-refractivity contribution is -0.118. The fraction of sp³-hybridized carbons (Fsp3) is 0.417. The molecule has 2 nitrogen and oxygen atoms in total. The molecule has 2 rings (SSSR count). The summed E-state index contributed by atoms with van der Waals surface area (Å²) in [5.41, 5.74) is 0.940. The van der Waals surface area contributed by atoms with E-state index in [1.165, 1.54) is 0 Å². The van der Waals surface area contributed by atoms with Gasteiger partial charge in [0.15, 0.2) is 5.78 Å². The van der Waals surface area contributed by atoms with Crippen molar-refractivity contribution in [2.45, 2.75) is 25.8 Å². The second-order valence-corrected chi connectivity index (χ2v) is 4.96. The van der Waals surface area contributed by atoms with Crippen LogP contribution in [0.5, 0.6) is 0 Å². The van der Waals surface area contributed by atoms with Crippen LogP contribution >= 0.6 is 23.2 Å². The predicted octanol–water partition coefficient (Wildman–Crippen LogP) is 3.55. The summed E-state index contributed by atoms with van der Waals surface area (Å²) in [5.74, 6) is 0.202. The third-order valence-corrected chi connectivity index (χ3v) is 3.34. The number of hydrogen-bond donors (Lipinski definition) is 0. The second-order valence-electron chi connectivity index (χ2n) is 4.09. The highest BCUT2D eigenvalue weighted by atomic mass is 35.5. The Hall–Kier alpha value is -0.730. The van der Waals surface area contributed by atoms with E-state index >= 15 is 0 Å². The fourth-order valence-electron chi connectivity index (χ4n) is 2.20. The molecular weight excluding hydrogens is 245 g/mol. The summed E-state index contributed by atoms with van der Waals surface area (Å²) in [6.45, 7) is 2.52. The lowest BCUT2D eigenvalue weighted by Gasteiger charge is -2.25. The summed E-state index contributed by atoms with van der Waals surface area (Å²) >= 11 is 11.9. The van der Waals surface area contributed by atoms with Crippen molar-refractivity contribution >= 4 is 34.7 Å². The summed E-state index contributed by atoms with van der Waals surface area (Å²) in [6, 6.07) is 5.39. The van der Waals surface area contributed by atoms with Crippen LogP contribution in [0.1, 0.15) is 19.8 Å². The lowest BCUT2D eigenvalue weighted by atomic mass is 10.1. The highest BCUT2D eigenvalue weighted by Crippen LogP contribution is 2.30. The Labute approximate surface area is 105 Å². The number of halogens is 2. The van der Waals surface area contributed by atoms with Gasteiger partial charge in [-0.05, 0) is 38.0 Å². The number of benzene rings is 1. The summed E-state index contributed by atoms with van der Waals surface area (Å²) in [6.07, 6.45) is 1.95. The van der Waals surface area contributed by atoms with Crippen LogP contribution < -0.4 is 4.90 Å². The molecule has 1 aliphatic heterocycles. The quantitative estimate of drug-likeness (QED) is 0.808. The average Bonchev–Trinajstić information content (AvgIpc) is 2.63. The zero-order chi connectivity index (χ0) is 11.7. The molecule has 86 valence electrons. The van der Waals surface area contributed by atoms with Crippen molar-refractivity contribution in [3.05, 3.63) is 28.2 Å². The van der Waals surface area contributed by atoms with Gasteiger partial charge in [-0.25, -0.2) is 0 Å². The van der Waals surface area contributed by atoms with Gasteiger partial charge in [-0.15, -0.1) is 0 Å². The average molecular weight is 258 g/mol. The van der Waals surface area contributed by atoms with Crippen molar-refractivity contribution in [3.8, 4) is 0 Å². The molecule has 0 spiro atoms. The molecule has 1 atom stereocenters. The van der Waals surface area contributed by atoms with E-state index in [1.54, 1.807) is 13.0 Å². The highest BCUT2D eigenvalue weighted by Gasteiger charge is 2.28. The Morgan fingerprint density at radius 1 is 1.31 bits per heavy atom. The number of anilines is 1. The molecule has 1 unspecified atom stereocenters. The minimum atomic E-state index is -0.0190. The van der Waals surface area contributed by atoms with Crippen LogP contribution in [-0.2, 0) is 4.79 Å². The van der Waals surface area contributed by atoms with Crippen molar-refractivity contribution in [1.82, 2.24) is 0 Å². The topological polar surface area (TPSA) is 20.3 Å². The predicted molar refractivity (Wildman–Crippen MR) is 67.5 cm³/mol. The number of hydrogen-bond acceptors (Lipinski definition) is 2. The summed E-state index contributed by atoms with van der Waals surface area (Å²) in [5, 5.41) is 1.22. The maximum atomic E-state index is 11.5. The molecular formula is C12H13Cl2NO. The molecule has 0 aliphatic carbocycles. The zero-order valence-corrected chi connectivity index (χ0v) is 10.6. The van der Waals surface area contributed by atoms with E-state index in [1.807, 2.05) is 12.1 Å². The van der Waals surface area contributed by atoms with Gasteiger partial charge in [0.2, 0.25) is 0 Å². The van der Waals surface area contributed by atoms with E-state index < -0.39 is 0 Å². The molecule has 1 heterocycles. The van der Waals surface area contributed by atoms with E-state index in [9.17, 15) is 4.79 Å². The van der Waals surface area contributed by atoms with Gasteiger partial charge in [-0.3, -0.25) is 4.79 Å². The van der Waals surface area contributed by atoms with Gasteiger partial charge in [0, 0.05) is 22.3 Å². The summed E-state index contributed by atoms with van der Waals surface area (Å²) < 4.78 is 0. The smallest absolute Gasteiger partial charge is 0.152 e. The Morgan fingerprint density at radius 2 is 1.94 bits per heavy atom. The van der Waals surface area contributed by atoms with Crippen LogP contribution in [0.15, 0.2) is 18.2 Å². The first-order valence-electron chi connectivity index (χ1n) is 5.31. The van der Waals surface area contributed by atoms with Gasteiger partial charge in [0.25, 0.3) is 0 Å². The zero-order valence-electron chi connectivity index (χ0n) is 9.04. The normalized spacial score (nSPS) is 20.2. The van der Waals surface area contributed by atoms with E-state index in [-0.39, 0.29) is 11.8 Å². The van der Waals surface area contributed by atoms with Gasteiger partial charge >= 0.3 is 0 Å². The van der Waals surface area contributed by atoms with Crippen molar-refractivity contribution in [1.29, 1.82) is 0 Å². The maximum absolute atomic E-state index is 11.5. The largest absolute Gasteiger partial charge is 0.361 e. The number of rotatable bonds is 2. The molecule has 1 fully saturated rings. The number of Topliss-reactive ketones (excluding diaryl/α,β-unsaturated/α-hetero) is 1. The van der Waals surface area contributed by atoms with Crippen LogP contribution in [0.25, 0.3) is 0 Å². The van der Waals surface area contributed by atoms with Gasteiger partial charge in [0.05, 0.1) is 6.04 Å². The monoisotopic (exact) mass is 257 g/mol. The third kappa shape index (κ3) is 2.33. The molecule has 1 aromatic carbocycles. The van der Waals surface area contributed by atoms with Crippen LogP contribution in [0.2, 0.25) is 10.0 Å². The maximum Gasteiger partial charge on any atom is 0.152 e. The van der Waals surface area contributed by atoms with Gasteiger partial charge < -0.3 is 4.90 Å². The van der Waals surface area contributed by atoms with Gasteiger partial charge in [-0.1, -0.05) is 23.2 Å². The minimum absolute atomic E-state index is 0.0190. The van der Waals surface area contributed by atoms with Crippen LogP contribution in [0.3, 0.4) is 0 Å². The van der Waals surface area contributed by atoms with E-state index in [0.717, 1.165) is 25.1 Å². The van der Waals surface area contributed by atoms with Crippen LogP contribution in [0.4, 0.5) is 5.69 Å². The highest BCUT2D eigenvalue weighted by molar-refractivity contribution is 6.35. The Morgan fingerprint density at radius 3 is 2.50 bits per heavy atom. The number of nitrogens with zero attached hydrogens (tertiary/aromatic N) is 1. The Bertz CT molecular complexity index is 399. The van der Waals surface area contributed by atoms with E-state index in [4.69, 9.17) is 23.2 Å². The molecule has 0 radical (unpaired) electrons. The van der Waals surface area contributed by atoms with E-state index in [0.29, 0.717) is 10.0 Å². The third-order valence-electron chi connectivity index (χ3n) is 2.90. The molecule has 0 bridgehead atoms. The van der Waals surface area contributed by atoms with Crippen LogP contribution in [0, 0.1) is 0 Å². The number of carbonyl (C=O) groups excluding carboxylic acids is 1. The molecule has 0 amide bonds. The molecule has 0 N–H and O–H groups in total. The first-order chi connectivity index (χ1) is 7.58. The molecule has 1 saturated heterocycles. The molecule has 1 aliphatic rings. The first-order valence-corrected chi connectivity index (χ1v) is 6.07. The Kier molecular flexibility index (Phi) is 3.41. The van der Waals surface area contributed by atoms with Crippen molar-refractivity contribution in [2.24, 2.45) is 0 Å². The van der Waals surface area contributed by atoms with Gasteiger partial charge in [0.1, 0.15) is 0 Å². The standard InChI is InChI=1S/C12H13Cl2NO/c1-8(16)12-3-2-4-15(12)11-6-9(13)5-10(14)7-11/h5-7,12H,2-4H2,1H3.